The molecule has 44 heavy (non-hydrogen) atoms. The summed E-state index contributed by atoms with van der Waals surface area (Å²) in [4.78, 5) is 1.52. The third kappa shape index (κ3) is 3.52. The maximum atomic E-state index is 6.40. The molecule has 0 spiro atoms. The average Bonchev–Trinajstić information content (AvgIpc) is 3.63. The first-order valence-corrected chi connectivity index (χ1v) is 16.4. The van der Waals surface area contributed by atoms with Gasteiger partial charge in [0.25, 0.3) is 0 Å². The van der Waals surface area contributed by atoms with E-state index in [9.17, 15) is 0 Å². The molecule has 2 aromatic heterocycles. The van der Waals surface area contributed by atoms with Crippen LogP contribution in [0.1, 0.15) is 34.4 Å². The van der Waals surface area contributed by atoms with E-state index in [-0.39, 0.29) is 0 Å². The molecule has 8 aromatic rings. The Morgan fingerprint density at radius 2 is 1.16 bits per heavy atom. The van der Waals surface area contributed by atoms with Crippen molar-refractivity contribution in [2.45, 2.75) is 25.7 Å². The molecule has 10 rings (SSSR count). The Bertz CT molecular complexity index is 2490. The Morgan fingerprint density at radius 3 is 1.91 bits per heavy atom. The molecule has 0 radical (unpaired) electrons. The van der Waals surface area contributed by atoms with Crippen LogP contribution in [0.5, 0.6) is 0 Å². The Balaban J connectivity index is 1.25. The minimum absolute atomic E-state index is 0.946. The second-order valence-corrected chi connectivity index (χ2v) is 13.4. The van der Waals surface area contributed by atoms with E-state index in [0.29, 0.717) is 0 Å². The molecule has 2 heterocycles. The topological polar surface area (TPSA) is 13.1 Å². The van der Waals surface area contributed by atoms with Gasteiger partial charge in [0.05, 0.1) is 0 Å². The Labute approximate surface area is 259 Å². The van der Waals surface area contributed by atoms with Crippen molar-refractivity contribution in [3.8, 4) is 22.3 Å². The fourth-order valence-electron chi connectivity index (χ4n) is 7.72. The lowest BCUT2D eigenvalue weighted by atomic mass is 9.85. The van der Waals surface area contributed by atoms with E-state index in [0.717, 1.165) is 36.8 Å². The predicted octanol–water partition coefficient (Wildman–Crippen LogP) is 12.4. The highest BCUT2D eigenvalue weighted by molar-refractivity contribution is 7.19. The standard InChI is InChI=1S/C42H28OS/c1-2-10-26-24-38-35(21-25(26)9-1)34-22-27(17-19-37(34)43-38)41-30-12-3-5-14-32(30)42(33-15-6-4-13-31(33)41)28-18-20-40-36(23-28)29-11-7-8-16-39(29)44-40/h1,3-7,9,11-15,17-24H,2,8,10,16H2. The van der Waals surface area contributed by atoms with E-state index in [1.54, 1.807) is 0 Å². The average molecular weight is 581 g/mol. The third-order valence-electron chi connectivity index (χ3n) is 9.74. The highest BCUT2D eigenvalue weighted by atomic mass is 32.1. The summed E-state index contributed by atoms with van der Waals surface area (Å²) in [5.74, 6) is 0. The molecule has 6 aromatic carbocycles. The summed E-state index contributed by atoms with van der Waals surface area (Å²) in [5.41, 5.74) is 11.1. The zero-order chi connectivity index (χ0) is 28.8. The minimum atomic E-state index is 0.946. The summed E-state index contributed by atoms with van der Waals surface area (Å²) in [6.07, 6.45) is 13.7. The van der Waals surface area contributed by atoms with Crippen molar-refractivity contribution in [2.24, 2.45) is 0 Å². The molecule has 0 N–H and O–H groups in total. The van der Waals surface area contributed by atoms with Gasteiger partial charge < -0.3 is 4.42 Å². The lowest BCUT2D eigenvalue weighted by Gasteiger charge is -2.18. The van der Waals surface area contributed by atoms with Gasteiger partial charge in [-0.2, -0.15) is 0 Å². The molecule has 2 aliphatic rings. The Morgan fingerprint density at radius 1 is 0.523 bits per heavy atom. The molecule has 2 aliphatic carbocycles. The molecule has 0 bridgehead atoms. The van der Waals surface area contributed by atoms with Crippen molar-refractivity contribution in [3.63, 3.8) is 0 Å². The van der Waals surface area contributed by atoms with Gasteiger partial charge in [-0.3, -0.25) is 0 Å². The monoisotopic (exact) mass is 580 g/mol. The maximum absolute atomic E-state index is 6.40. The van der Waals surface area contributed by atoms with Crippen LogP contribution in [0, 0.1) is 0 Å². The third-order valence-corrected chi connectivity index (χ3v) is 11.0. The van der Waals surface area contributed by atoms with Crippen molar-refractivity contribution in [2.75, 3.05) is 0 Å². The second-order valence-electron chi connectivity index (χ2n) is 12.2. The van der Waals surface area contributed by atoms with E-state index in [2.05, 4.69) is 121 Å². The fraction of sp³-hybridized carbons (Fsp3) is 0.0952. The molecule has 2 heteroatoms. The number of hydrogen-bond donors (Lipinski definition) is 0. The number of hydrogen-bond acceptors (Lipinski definition) is 2. The van der Waals surface area contributed by atoms with Gasteiger partial charge in [0.2, 0.25) is 0 Å². The van der Waals surface area contributed by atoms with Gasteiger partial charge in [-0.15, -0.1) is 11.3 Å². The summed E-state index contributed by atoms with van der Waals surface area (Å²) in [6, 6.07) is 36.4. The number of aryl methyl sites for hydroxylation is 2. The zero-order valence-corrected chi connectivity index (χ0v) is 25.0. The van der Waals surface area contributed by atoms with Crippen LogP contribution >= 0.6 is 11.3 Å². The summed E-state index contributed by atoms with van der Waals surface area (Å²) in [5, 5.41) is 8.89. The van der Waals surface area contributed by atoms with Gasteiger partial charge >= 0.3 is 0 Å². The largest absolute Gasteiger partial charge is 0.456 e. The van der Waals surface area contributed by atoms with Crippen molar-refractivity contribution >= 4 is 77.1 Å². The quantitative estimate of drug-likeness (QED) is 0.185. The summed E-state index contributed by atoms with van der Waals surface area (Å²) >= 11 is 1.96. The number of thiophene rings is 1. The van der Waals surface area contributed by atoms with Crippen LogP contribution in [0.25, 0.3) is 88.0 Å². The number of fused-ring (bicyclic) bond motifs is 9. The first-order valence-electron chi connectivity index (χ1n) is 15.6. The summed E-state index contributed by atoms with van der Waals surface area (Å²) in [7, 11) is 0. The van der Waals surface area contributed by atoms with E-state index in [1.807, 2.05) is 11.3 Å². The second kappa shape index (κ2) is 9.29. The highest BCUT2D eigenvalue weighted by Crippen LogP contribution is 2.46. The number of allylic oxidation sites excluding steroid dienone is 2. The van der Waals surface area contributed by atoms with E-state index < -0.39 is 0 Å². The van der Waals surface area contributed by atoms with Crippen molar-refractivity contribution in [3.05, 3.63) is 131 Å². The Kier molecular flexibility index (Phi) is 5.17. The van der Waals surface area contributed by atoms with Crippen molar-refractivity contribution in [1.82, 2.24) is 0 Å². The van der Waals surface area contributed by atoms with Crippen LogP contribution < -0.4 is 0 Å². The van der Waals surface area contributed by atoms with Gasteiger partial charge in [-0.25, -0.2) is 0 Å². The van der Waals surface area contributed by atoms with E-state index in [1.165, 1.54) is 86.2 Å². The van der Waals surface area contributed by atoms with Gasteiger partial charge in [-0.1, -0.05) is 85.0 Å². The van der Waals surface area contributed by atoms with Gasteiger partial charge in [0.15, 0.2) is 0 Å². The van der Waals surface area contributed by atoms with Gasteiger partial charge in [0, 0.05) is 25.7 Å². The van der Waals surface area contributed by atoms with E-state index in [4.69, 9.17) is 4.42 Å². The summed E-state index contributed by atoms with van der Waals surface area (Å²) in [6.45, 7) is 0. The zero-order valence-electron chi connectivity index (χ0n) is 24.2. The molecule has 208 valence electrons. The van der Waals surface area contributed by atoms with Crippen LogP contribution in [-0.2, 0) is 12.8 Å². The molecule has 0 fully saturated rings. The van der Waals surface area contributed by atoms with Crippen molar-refractivity contribution in [1.29, 1.82) is 0 Å². The first kappa shape index (κ1) is 24.5. The van der Waals surface area contributed by atoms with Gasteiger partial charge in [-0.05, 0) is 123 Å². The Hall–Kier alpha value is -4.92. The fourth-order valence-corrected chi connectivity index (χ4v) is 8.90. The molecule has 0 saturated heterocycles. The molecule has 0 unspecified atom stereocenters. The highest BCUT2D eigenvalue weighted by Gasteiger charge is 2.20. The van der Waals surface area contributed by atoms with Gasteiger partial charge in [0.1, 0.15) is 11.2 Å². The van der Waals surface area contributed by atoms with Crippen molar-refractivity contribution < 1.29 is 4.42 Å². The van der Waals surface area contributed by atoms with Crippen LogP contribution in [0.3, 0.4) is 0 Å². The lowest BCUT2D eigenvalue weighted by molar-refractivity contribution is 0.668. The molecule has 0 atom stereocenters. The van der Waals surface area contributed by atoms with E-state index >= 15 is 0 Å². The van der Waals surface area contributed by atoms with Crippen LogP contribution in [0.4, 0.5) is 0 Å². The smallest absolute Gasteiger partial charge is 0.135 e. The minimum Gasteiger partial charge on any atom is -0.456 e. The number of furan rings is 1. The van der Waals surface area contributed by atoms with Crippen LogP contribution in [0.2, 0.25) is 0 Å². The molecule has 0 amide bonds. The summed E-state index contributed by atoms with van der Waals surface area (Å²) < 4.78 is 7.78. The normalized spacial score (nSPS) is 14.3. The molecule has 1 nitrogen and oxygen atoms in total. The first-order chi connectivity index (χ1) is 21.8. The SMILES string of the molecule is C1=Cc2cc3c(cc2CC1)oc1ccc(-c2c4ccccc4c(-c4ccc5sc6c(c5c4)C=CCC6)c4ccccc24)cc13. The molecular formula is C42H28OS. The van der Waals surface area contributed by atoms with Crippen LogP contribution in [0.15, 0.2) is 114 Å². The molecule has 0 aliphatic heterocycles. The molecular weight excluding hydrogens is 553 g/mol. The van der Waals surface area contributed by atoms with Crippen LogP contribution in [-0.4, -0.2) is 0 Å². The number of benzene rings is 6. The lowest BCUT2D eigenvalue weighted by Crippen LogP contribution is -1.93. The number of rotatable bonds is 2. The maximum Gasteiger partial charge on any atom is 0.135 e. The predicted molar refractivity (Wildman–Crippen MR) is 190 cm³/mol. The molecule has 0 saturated carbocycles.